The number of carbonyl (C=O) groups excluding carboxylic acids is 4. The number of methoxy groups -OCH3 is 1. The molecule has 0 spiro atoms. The van der Waals surface area contributed by atoms with E-state index in [1.165, 1.54) is 0 Å². The SMILES string of the molecule is COC(=O)[C@H]1O[C@H](O)[C@H](OC(C)=O)[C@@H](OC(C)=O)[C@@H]1OC(C)=O.[Br-]. The quantitative estimate of drug-likeness (QED) is 0.356. The lowest BCUT2D eigenvalue weighted by atomic mass is 9.98. The first-order chi connectivity index (χ1) is 10.7. The molecule has 1 aliphatic rings. The van der Waals surface area contributed by atoms with E-state index in [-0.39, 0.29) is 17.0 Å². The van der Waals surface area contributed by atoms with Crippen LogP contribution in [0.5, 0.6) is 0 Å². The van der Waals surface area contributed by atoms with Crippen LogP contribution < -0.4 is 17.0 Å². The van der Waals surface area contributed by atoms with Gasteiger partial charge in [-0.25, -0.2) is 4.79 Å². The van der Waals surface area contributed by atoms with E-state index in [4.69, 9.17) is 18.9 Å². The molecule has 0 radical (unpaired) electrons. The third-order valence-electron chi connectivity index (χ3n) is 2.85. The molecule has 10 nitrogen and oxygen atoms in total. The summed E-state index contributed by atoms with van der Waals surface area (Å²) in [6, 6.07) is 0. The summed E-state index contributed by atoms with van der Waals surface area (Å²) in [5, 5.41) is 9.93. The van der Waals surface area contributed by atoms with Gasteiger partial charge in [0.15, 0.2) is 30.7 Å². The van der Waals surface area contributed by atoms with E-state index in [1.807, 2.05) is 0 Å². The van der Waals surface area contributed by atoms with Crippen LogP contribution in [0.3, 0.4) is 0 Å². The molecule has 0 bridgehead atoms. The van der Waals surface area contributed by atoms with Crippen LogP contribution in [0.15, 0.2) is 0 Å². The Hall–Kier alpha value is -1.72. The average molecular weight is 414 g/mol. The van der Waals surface area contributed by atoms with Crippen LogP contribution in [0.4, 0.5) is 0 Å². The van der Waals surface area contributed by atoms with Gasteiger partial charge in [0.1, 0.15) is 0 Å². The highest BCUT2D eigenvalue weighted by atomic mass is 79.9. The molecule has 0 aliphatic carbocycles. The van der Waals surface area contributed by atoms with E-state index in [9.17, 15) is 24.3 Å². The molecule has 1 saturated heterocycles. The molecule has 1 fully saturated rings. The molecule has 0 aromatic carbocycles. The van der Waals surface area contributed by atoms with Crippen molar-refractivity contribution in [2.45, 2.75) is 51.5 Å². The summed E-state index contributed by atoms with van der Waals surface area (Å²) in [4.78, 5) is 45.5. The summed E-state index contributed by atoms with van der Waals surface area (Å²) in [6.45, 7) is 3.18. The van der Waals surface area contributed by atoms with Crippen LogP contribution in [0, 0.1) is 0 Å². The molecule has 0 amide bonds. The van der Waals surface area contributed by atoms with Crippen molar-refractivity contribution >= 4 is 23.9 Å². The normalized spacial score (nSPS) is 28.8. The Morgan fingerprint density at radius 2 is 1.25 bits per heavy atom. The number of esters is 4. The molecule has 0 saturated carbocycles. The minimum Gasteiger partial charge on any atom is -1.00 e. The number of halogens is 1. The molecule has 11 heteroatoms. The predicted molar refractivity (Wildman–Crippen MR) is 69.6 cm³/mol. The highest BCUT2D eigenvalue weighted by molar-refractivity contribution is 5.77. The minimum atomic E-state index is -1.79. The van der Waals surface area contributed by atoms with E-state index in [1.54, 1.807) is 0 Å². The van der Waals surface area contributed by atoms with Gasteiger partial charge in [-0.1, -0.05) is 0 Å². The lowest BCUT2D eigenvalue weighted by Crippen LogP contribution is -3.00. The molecule has 0 aromatic heterocycles. The zero-order valence-electron chi connectivity index (χ0n) is 13.4. The molecule has 24 heavy (non-hydrogen) atoms. The monoisotopic (exact) mass is 413 g/mol. The molecular formula is C13H18BrO10-. The van der Waals surface area contributed by atoms with Crippen molar-refractivity contribution in [3.63, 3.8) is 0 Å². The number of aliphatic hydroxyl groups excluding tert-OH is 1. The average Bonchev–Trinajstić information content (AvgIpc) is 2.43. The largest absolute Gasteiger partial charge is 1.00 e. The van der Waals surface area contributed by atoms with Crippen molar-refractivity contribution in [2.75, 3.05) is 7.11 Å². The number of carbonyl (C=O) groups is 4. The van der Waals surface area contributed by atoms with Gasteiger partial charge in [-0.15, -0.1) is 0 Å². The Morgan fingerprint density at radius 1 is 0.833 bits per heavy atom. The summed E-state index contributed by atoms with van der Waals surface area (Å²) in [6.07, 6.45) is -7.75. The van der Waals surface area contributed by atoms with Crippen LogP contribution >= 0.6 is 0 Å². The van der Waals surface area contributed by atoms with Gasteiger partial charge in [0.2, 0.25) is 0 Å². The smallest absolute Gasteiger partial charge is 0.339 e. The van der Waals surface area contributed by atoms with Crippen molar-refractivity contribution in [1.29, 1.82) is 0 Å². The maximum atomic E-state index is 11.8. The Morgan fingerprint density at radius 3 is 1.67 bits per heavy atom. The number of rotatable bonds is 4. The van der Waals surface area contributed by atoms with Crippen molar-refractivity contribution < 1.29 is 65.0 Å². The first-order valence-corrected chi connectivity index (χ1v) is 6.60. The van der Waals surface area contributed by atoms with Gasteiger partial charge >= 0.3 is 23.9 Å². The third-order valence-corrected chi connectivity index (χ3v) is 2.85. The van der Waals surface area contributed by atoms with Crippen LogP contribution in [-0.2, 0) is 42.9 Å². The summed E-state index contributed by atoms with van der Waals surface area (Å²) in [5.41, 5.74) is 0. The van der Waals surface area contributed by atoms with Crippen LogP contribution in [0.2, 0.25) is 0 Å². The number of hydrogen-bond acceptors (Lipinski definition) is 10. The molecule has 1 rings (SSSR count). The molecule has 5 atom stereocenters. The molecule has 138 valence electrons. The first kappa shape index (κ1) is 22.3. The van der Waals surface area contributed by atoms with Gasteiger partial charge < -0.3 is 45.8 Å². The van der Waals surface area contributed by atoms with Gasteiger partial charge in [0.25, 0.3) is 0 Å². The van der Waals surface area contributed by atoms with Crippen molar-refractivity contribution in [2.24, 2.45) is 0 Å². The van der Waals surface area contributed by atoms with Gasteiger partial charge in [-0.3, -0.25) is 14.4 Å². The molecule has 1 aliphatic heterocycles. The van der Waals surface area contributed by atoms with Gasteiger partial charge in [0, 0.05) is 20.8 Å². The Bertz CT molecular complexity index is 493. The topological polar surface area (TPSA) is 135 Å². The summed E-state index contributed by atoms with van der Waals surface area (Å²) in [5.74, 6) is -3.37. The van der Waals surface area contributed by atoms with Crippen LogP contribution in [-0.4, -0.2) is 66.8 Å². The van der Waals surface area contributed by atoms with E-state index in [2.05, 4.69) is 4.74 Å². The Balaban J connectivity index is 0.00000529. The zero-order valence-corrected chi connectivity index (χ0v) is 15.0. The number of hydrogen-bond donors (Lipinski definition) is 1. The highest BCUT2D eigenvalue weighted by Crippen LogP contribution is 2.28. The Labute approximate surface area is 148 Å². The maximum Gasteiger partial charge on any atom is 0.339 e. The lowest BCUT2D eigenvalue weighted by Gasteiger charge is -2.41. The van der Waals surface area contributed by atoms with Crippen LogP contribution in [0.25, 0.3) is 0 Å². The van der Waals surface area contributed by atoms with Crippen molar-refractivity contribution in [3.8, 4) is 0 Å². The van der Waals surface area contributed by atoms with Gasteiger partial charge in [0.05, 0.1) is 7.11 Å². The second-order valence-electron chi connectivity index (χ2n) is 4.69. The highest BCUT2D eigenvalue weighted by Gasteiger charge is 2.54. The minimum absolute atomic E-state index is 0. The van der Waals surface area contributed by atoms with Crippen LogP contribution in [0.1, 0.15) is 20.8 Å². The van der Waals surface area contributed by atoms with Gasteiger partial charge in [-0.2, -0.15) is 0 Å². The molecular weight excluding hydrogens is 396 g/mol. The molecule has 0 unspecified atom stereocenters. The fraction of sp³-hybridized carbons (Fsp3) is 0.692. The molecule has 1 N–H and O–H groups in total. The lowest BCUT2D eigenvalue weighted by molar-refractivity contribution is -0.289. The van der Waals surface area contributed by atoms with E-state index in [0.717, 1.165) is 27.9 Å². The first-order valence-electron chi connectivity index (χ1n) is 6.60. The maximum absolute atomic E-state index is 11.8. The summed E-state index contributed by atoms with van der Waals surface area (Å²) < 4.78 is 24.3. The van der Waals surface area contributed by atoms with Gasteiger partial charge in [-0.05, 0) is 0 Å². The number of aliphatic hydroxyl groups is 1. The summed E-state index contributed by atoms with van der Waals surface area (Å²) in [7, 11) is 1.06. The second-order valence-corrected chi connectivity index (χ2v) is 4.69. The fourth-order valence-electron chi connectivity index (χ4n) is 2.10. The standard InChI is InChI=1S/C13H18O10.BrH/c1-5(14)20-8-9(21-6(2)15)11(22-7(3)16)13(18)23-10(8)12(17)19-4;/h8-11,13,18H,1-4H3;1H/p-1/t8-,9-,10-,11+,13-;/m0./s1. The Kier molecular flexibility index (Phi) is 8.86. The third kappa shape index (κ3) is 5.73. The number of ether oxygens (including phenoxy) is 5. The van der Waals surface area contributed by atoms with Crippen molar-refractivity contribution in [1.82, 2.24) is 0 Å². The second kappa shape index (κ2) is 9.55. The molecule has 1 heterocycles. The fourth-order valence-corrected chi connectivity index (χ4v) is 2.10. The summed E-state index contributed by atoms with van der Waals surface area (Å²) >= 11 is 0. The molecule has 0 aromatic rings. The van der Waals surface area contributed by atoms with E-state index < -0.39 is 54.6 Å². The van der Waals surface area contributed by atoms with E-state index in [0.29, 0.717) is 0 Å². The van der Waals surface area contributed by atoms with E-state index >= 15 is 0 Å². The predicted octanol–water partition coefficient (Wildman–Crippen LogP) is -4.32. The zero-order chi connectivity index (χ0) is 17.7. The van der Waals surface area contributed by atoms with Crippen molar-refractivity contribution in [3.05, 3.63) is 0 Å².